The topological polar surface area (TPSA) is 29.1 Å². The molecule has 1 aliphatic rings. The van der Waals surface area contributed by atoms with Crippen molar-refractivity contribution in [3.63, 3.8) is 0 Å². The van der Waals surface area contributed by atoms with E-state index in [0.717, 1.165) is 31.4 Å². The number of hydrogen-bond acceptors (Lipinski definition) is 2. The maximum Gasteiger partial charge on any atom is 0.145 e. The molecule has 0 aromatic rings. The summed E-state index contributed by atoms with van der Waals surface area (Å²) in [5.74, 6) is 0.651. The van der Waals surface area contributed by atoms with Crippen LogP contribution in [0.25, 0.3) is 0 Å². The number of carbonyl (C=O) groups excluding carboxylic acids is 1. The summed E-state index contributed by atoms with van der Waals surface area (Å²) in [6.45, 7) is 5.78. The van der Waals surface area contributed by atoms with Gasteiger partial charge in [-0.05, 0) is 37.4 Å². The van der Waals surface area contributed by atoms with Gasteiger partial charge in [0.05, 0.1) is 0 Å². The van der Waals surface area contributed by atoms with Crippen LogP contribution >= 0.6 is 0 Å². The van der Waals surface area contributed by atoms with Gasteiger partial charge < -0.3 is 5.32 Å². The van der Waals surface area contributed by atoms with Gasteiger partial charge in [-0.15, -0.1) is 0 Å². The van der Waals surface area contributed by atoms with Crippen molar-refractivity contribution in [2.24, 2.45) is 5.92 Å². The van der Waals surface area contributed by atoms with Gasteiger partial charge in [0, 0.05) is 0 Å². The Morgan fingerprint density at radius 1 is 1.80 bits per heavy atom. The van der Waals surface area contributed by atoms with Crippen molar-refractivity contribution in [1.29, 1.82) is 0 Å². The van der Waals surface area contributed by atoms with E-state index in [4.69, 9.17) is 0 Å². The maximum atomic E-state index is 10.2. The highest BCUT2D eigenvalue weighted by atomic mass is 16.1. The lowest BCUT2D eigenvalue weighted by Gasteiger charge is -2.04. The molecule has 1 heterocycles. The van der Waals surface area contributed by atoms with Gasteiger partial charge in [-0.25, -0.2) is 0 Å². The Hall–Kier alpha value is -0.630. The van der Waals surface area contributed by atoms with Crippen LogP contribution in [0.1, 0.15) is 12.8 Å². The Kier molecular flexibility index (Phi) is 2.63. The minimum atomic E-state index is 0.651. The van der Waals surface area contributed by atoms with Crippen LogP contribution in [-0.2, 0) is 4.79 Å². The molecular formula is C8H13NO. The molecule has 1 fully saturated rings. The van der Waals surface area contributed by atoms with Crippen molar-refractivity contribution < 1.29 is 4.79 Å². The molecule has 1 rings (SSSR count). The highest BCUT2D eigenvalue weighted by Gasteiger charge is 2.14. The van der Waals surface area contributed by atoms with Crippen molar-refractivity contribution >= 4 is 6.29 Å². The molecule has 1 aliphatic heterocycles. The highest BCUT2D eigenvalue weighted by Crippen LogP contribution is 2.15. The predicted octanol–water partition coefficient (Wildman–Crippen LogP) is 0.741. The van der Waals surface area contributed by atoms with Crippen LogP contribution in [0, 0.1) is 5.92 Å². The molecule has 0 aromatic heterocycles. The highest BCUT2D eigenvalue weighted by molar-refractivity contribution is 5.71. The lowest BCUT2D eigenvalue weighted by atomic mass is 10.0. The normalized spacial score (nSPS) is 24.6. The van der Waals surface area contributed by atoms with Gasteiger partial charge in [0.15, 0.2) is 0 Å². The first-order valence-corrected chi connectivity index (χ1v) is 3.66. The van der Waals surface area contributed by atoms with Gasteiger partial charge in [0.1, 0.15) is 6.29 Å². The molecule has 10 heavy (non-hydrogen) atoms. The van der Waals surface area contributed by atoms with Crippen LogP contribution in [-0.4, -0.2) is 19.4 Å². The molecule has 0 amide bonds. The van der Waals surface area contributed by atoms with Crippen molar-refractivity contribution in [2.45, 2.75) is 12.8 Å². The number of aldehydes is 1. The van der Waals surface area contributed by atoms with E-state index in [1.165, 1.54) is 6.42 Å². The third kappa shape index (κ3) is 1.95. The molecule has 0 aliphatic carbocycles. The quantitative estimate of drug-likeness (QED) is 0.461. The first-order valence-electron chi connectivity index (χ1n) is 3.66. The van der Waals surface area contributed by atoms with Crippen LogP contribution in [0.2, 0.25) is 0 Å². The molecule has 1 unspecified atom stereocenters. The van der Waals surface area contributed by atoms with Crippen LogP contribution < -0.4 is 5.32 Å². The summed E-state index contributed by atoms with van der Waals surface area (Å²) in [6.07, 6.45) is 2.92. The lowest BCUT2D eigenvalue weighted by Crippen LogP contribution is -2.09. The first kappa shape index (κ1) is 7.48. The first-order chi connectivity index (χ1) is 4.83. The van der Waals surface area contributed by atoms with Gasteiger partial charge in [-0.1, -0.05) is 6.58 Å². The van der Waals surface area contributed by atoms with Crippen molar-refractivity contribution in [3.8, 4) is 0 Å². The van der Waals surface area contributed by atoms with Crippen molar-refractivity contribution in [2.75, 3.05) is 13.1 Å². The van der Waals surface area contributed by atoms with E-state index in [0.29, 0.717) is 5.92 Å². The number of hydrogen-bond donors (Lipinski definition) is 1. The SMILES string of the molecule is C=C(C=O)CC1CCNC1. The van der Waals surface area contributed by atoms with E-state index >= 15 is 0 Å². The second-order valence-electron chi connectivity index (χ2n) is 2.84. The second-order valence-corrected chi connectivity index (χ2v) is 2.84. The van der Waals surface area contributed by atoms with Gasteiger partial charge in [-0.3, -0.25) is 4.79 Å². The monoisotopic (exact) mass is 139 g/mol. The van der Waals surface area contributed by atoms with E-state index in [2.05, 4.69) is 11.9 Å². The van der Waals surface area contributed by atoms with Crippen LogP contribution in [0.15, 0.2) is 12.2 Å². The maximum absolute atomic E-state index is 10.2. The number of carbonyl (C=O) groups is 1. The smallest absolute Gasteiger partial charge is 0.145 e. The third-order valence-corrected chi connectivity index (χ3v) is 1.88. The molecule has 56 valence electrons. The Morgan fingerprint density at radius 2 is 2.60 bits per heavy atom. The summed E-state index contributed by atoms with van der Waals surface area (Å²) in [7, 11) is 0. The Bertz CT molecular complexity index is 136. The molecule has 0 aromatic carbocycles. The molecule has 1 atom stereocenters. The number of nitrogens with one attached hydrogen (secondary N) is 1. The van der Waals surface area contributed by atoms with Crippen LogP contribution in [0.5, 0.6) is 0 Å². The summed E-state index contributed by atoms with van der Waals surface area (Å²) >= 11 is 0. The molecule has 0 spiro atoms. The zero-order valence-corrected chi connectivity index (χ0v) is 6.10. The minimum absolute atomic E-state index is 0.651. The van der Waals surface area contributed by atoms with Gasteiger partial charge in [0.25, 0.3) is 0 Å². The largest absolute Gasteiger partial charge is 0.316 e. The summed E-state index contributed by atoms with van der Waals surface area (Å²) < 4.78 is 0. The summed E-state index contributed by atoms with van der Waals surface area (Å²) in [4.78, 5) is 10.2. The standard InChI is InChI=1S/C8H13NO/c1-7(6-10)4-8-2-3-9-5-8/h6,8-9H,1-5H2. The van der Waals surface area contributed by atoms with E-state index in [9.17, 15) is 4.79 Å². The average molecular weight is 139 g/mol. The average Bonchev–Trinajstić information content (AvgIpc) is 2.40. The zero-order chi connectivity index (χ0) is 7.40. The van der Waals surface area contributed by atoms with Crippen LogP contribution in [0.3, 0.4) is 0 Å². The fourth-order valence-electron chi connectivity index (χ4n) is 1.31. The predicted molar refractivity (Wildman–Crippen MR) is 40.8 cm³/mol. The Labute approximate surface area is 61.3 Å². The molecule has 2 heteroatoms. The Balaban J connectivity index is 2.23. The molecule has 1 N–H and O–H groups in total. The zero-order valence-electron chi connectivity index (χ0n) is 6.10. The lowest BCUT2D eigenvalue weighted by molar-refractivity contribution is -0.105. The van der Waals surface area contributed by atoms with Crippen molar-refractivity contribution in [1.82, 2.24) is 5.32 Å². The van der Waals surface area contributed by atoms with E-state index in [1.807, 2.05) is 0 Å². The van der Waals surface area contributed by atoms with E-state index < -0.39 is 0 Å². The second kappa shape index (κ2) is 3.52. The Morgan fingerprint density at radius 3 is 3.10 bits per heavy atom. The molecule has 1 saturated heterocycles. The van der Waals surface area contributed by atoms with Crippen LogP contribution in [0.4, 0.5) is 0 Å². The van der Waals surface area contributed by atoms with Gasteiger partial charge in [-0.2, -0.15) is 0 Å². The molecule has 0 bridgehead atoms. The van der Waals surface area contributed by atoms with E-state index in [-0.39, 0.29) is 0 Å². The molecular weight excluding hydrogens is 126 g/mol. The molecule has 2 nitrogen and oxygen atoms in total. The van der Waals surface area contributed by atoms with Crippen molar-refractivity contribution in [3.05, 3.63) is 12.2 Å². The molecule has 0 radical (unpaired) electrons. The number of rotatable bonds is 3. The van der Waals surface area contributed by atoms with E-state index in [1.54, 1.807) is 0 Å². The minimum Gasteiger partial charge on any atom is -0.316 e. The number of allylic oxidation sites excluding steroid dienone is 1. The summed E-state index contributed by atoms with van der Waals surface area (Å²) in [5, 5.41) is 3.24. The van der Waals surface area contributed by atoms with Gasteiger partial charge in [0.2, 0.25) is 0 Å². The summed E-state index contributed by atoms with van der Waals surface area (Å²) in [5.41, 5.74) is 0.730. The fourth-order valence-corrected chi connectivity index (χ4v) is 1.31. The van der Waals surface area contributed by atoms with Gasteiger partial charge >= 0.3 is 0 Å². The molecule has 0 saturated carbocycles. The third-order valence-electron chi connectivity index (χ3n) is 1.88. The summed E-state index contributed by atoms with van der Waals surface area (Å²) in [6, 6.07) is 0. The fraction of sp³-hybridized carbons (Fsp3) is 0.625.